The Balaban J connectivity index is 2.43. The van der Waals surface area contributed by atoms with Crippen molar-refractivity contribution < 1.29 is 5.11 Å². The molecule has 0 aliphatic carbocycles. The lowest BCUT2D eigenvalue weighted by Crippen LogP contribution is -2.37. The normalized spacial score (nSPS) is 12.1. The highest BCUT2D eigenvalue weighted by Gasteiger charge is 2.15. The van der Waals surface area contributed by atoms with E-state index in [1.807, 2.05) is 45.2 Å². The number of likely N-dealkylation sites (N-methyl/N-ethyl adjacent to an activating group) is 1. The predicted molar refractivity (Wildman–Crippen MR) is 68.4 cm³/mol. The molecule has 90 valence electrons. The molecular weight excluding hydrogens is 200 g/mol. The molecule has 0 saturated heterocycles. The number of hydrogen-bond donors (Lipinski definition) is 2. The van der Waals surface area contributed by atoms with Crippen molar-refractivity contribution in [2.24, 2.45) is 0 Å². The van der Waals surface area contributed by atoms with Crippen LogP contribution in [0.3, 0.4) is 0 Å². The van der Waals surface area contributed by atoms with Gasteiger partial charge in [0.15, 0.2) is 0 Å². The minimum Gasteiger partial charge on any atom is -0.399 e. The lowest BCUT2D eigenvalue weighted by Gasteiger charge is -2.25. The van der Waals surface area contributed by atoms with Crippen LogP contribution >= 0.6 is 0 Å². The second-order valence-corrected chi connectivity index (χ2v) is 5.00. The number of aliphatic hydroxyl groups is 1. The smallest absolute Gasteiger partial charge is 0.0718 e. The zero-order chi connectivity index (χ0) is 12.2. The maximum Gasteiger partial charge on any atom is 0.0718 e. The van der Waals surface area contributed by atoms with Crippen molar-refractivity contribution in [2.75, 3.05) is 25.9 Å². The number of hydrogen-bond acceptors (Lipinski definition) is 3. The zero-order valence-electron chi connectivity index (χ0n) is 10.4. The van der Waals surface area contributed by atoms with E-state index in [-0.39, 0.29) is 0 Å². The summed E-state index contributed by atoms with van der Waals surface area (Å²) < 4.78 is 0. The van der Waals surface area contributed by atoms with Crippen molar-refractivity contribution in [3.63, 3.8) is 0 Å². The summed E-state index contributed by atoms with van der Waals surface area (Å²) in [6.07, 6.45) is 0.916. The molecule has 1 rings (SSSR count). The Morgan fingerprint density at radius 3 is 2.50 bits per heavy atom. The second-order valence-electron chi connectivity index (χ2n) is 5.00. The average Bonchev–Trinajstić information content (AvgIpc) is 2.14. The van der Waals surface area contributed by atoms with Gasteiger partial charge in [0.25, 0.3) is 0 Å². The molecule has 0 aliphatic rings. The first-order chi connectivity index (χ1) is 7.38. The third kappa shape index (κ3) is 4.64. The molecule has 1 aromatic carbocycles. The van der Waals surface area contributed by atoms with Gasteiger partial charge in [0.1, 0.15) is 0 Å². The van der Waals surface area contributed by atoms with Crippen LogP contribution in [0, 0.1) is 0 Å². The predicted octanol–water partition coefficient (Wildman–Crippen LogP) is 1.51. The quantitative estimate of drug-likeness (QED) is 0.743. The standard InChI is InChI=1S/C13H22N2O/c1-13(2,16)10-15(3)9-8-11-6-4-5-7-12(11)14/h4-7,16H,8-10,14H2,1-3H3. The van der Waals surface area contributed by atoms with Crippen LogP contribution in [0.15, 0.2) is 24.3 Å². The monoisotopic (exact) mass is 222 g/mol. The number of nitrogen functional groups attached to an aromatic ring is 1. The van der Waals surface area contributed by atoms with Gasteiger partial charge in [-0.2, -0.15) is 0 Å². The molecule has 0 heterocycles. The highest BCUT2D eigenvalue weighted by atomic mass is 16.3. The lowest BCUT2D eigenvalue weighted by atomic mass is 10.1. The molecule has 3 nitrogen and oxygen atoms in total. The number of nitrogens with zero attached hydrogens (tertiary/aromatic N) is 1. The minimum atomic E-state index is -0.642. The fourth-order valence-electron chi connectivity index (χ4n) is 1.81. The molecule has 0 unspecified atom stereocenters. The van der Waals surface area contributed by atoms with Crippen molar-refractivity contribution in [3.05, 3.63) is 29.8 Å². The molecule has 0 fully saturated rings. The first-order valence-corrected chi connectivity index (χ1v) is 5.63. The van der Waals surface area contributed by atoms with Crippen LogP contribution in [-0.2, 0) is 6.42 Å². The molecular formula is C13H22N2O. The van der Waals surface area contributed by atoms with Gasteiger partial charge in [-0.15, -0.1) is 0 Å². The largest absolute Gasteiger partial charge is 0.399 e. The third-order valence-electron chi connectivity index (χ3n) is 2.47. The average molecular weight is 222 g/mol. The van der Waals surface area contributed by atoms with Gasteiger partial charge in [0.05, 0.1) is 5.60 Å². The Kier molecular flexibility index (Phi) is 4.33. The maximum atomic E-state index is 9.67. The van der Waals surface area contributed by atoms with Gasteiger partial charge in [-0.3, -0.25) is 0 Å². The van der Waals surface area contributed by atoms with E-state index in [0.29, 0.717) is 6.54 Å². The van der Waals surface area contributed by atoms with Gasteiger partial charge in [-0.1, -0.05) is 18.2 Å². The fraction of sp³-hybridized carbons (Fsp3) is 0.538. The van der Waals surface area contributed by atoms with Crippen molar-refractivity contribution >= 4 is 5.69 Å². The van der Waals surface area contributed by atoms with E-state index >= 15 is 0 Å². The summed E-state index contributed by atoms with van der Waals surface area (Å²) in [6.45, 7) is 5.21. The maximum absolute atomic E-state index is 9.67. The van der Waals surface area contributed by atoms with Crippen LogP contribution in [0.1, 0.15) is 19.4 Å². The van der Waals surface area contributed by atoms with Gasteiger partial charge < -0.3 is 15.7 Å². The lowest BCUT2D eigenvalue weighted by molar-refractivity contribution is 0.0450. The molecule has 0 radical (unpaired) electrons. The molecule has 0 spiro atoms. The van der Waals surface area contributed by atoms with Crippen LogP contribution < -0.4 is 5.73 Å². The third-order valence-corrected chi connectivity index (χ3v) is 2.47. The Hall–Kier alpha value is -1.06. The Morgan fingerprint density at radius 1 is 1.31 bits per heavy atom. The Labute approximate surface area is 97.9 Å². The summed E-state index contributed by atoms with van der Waals surface area (Å²) in [5.41, 5.74) is 7.24. The van der Waals surface area contributed by atoms with Crippen LogP contribution in [0.4, 0.5) is 5.69 Å². The SMILES string of the molecule is CN(CCc1ccccc1N)CC(C)(C)O. The van der Waals surface area contributed by atoms with E-state index in [9.17, 15) is 5.11 Å². The molecule has 3 N–H and O–H groups in total. The van der Waals surface area contributed by atoms with Crippen LogP contribution in [0.2, 0.25) is 0 Å². The number of benzene rings is 1. The number of para-hydroxylation sites is 1. The number of nitrogens with two attached hydrogens (primary N) is 1. The molecule has 0 aromatic heterocycles. The molecule has 0 aliphatic heterocycles. The summed E-state index contributed by atoms with van der Waals surface area (Å²) in [4.78, 5) is 2.12. The number of rotatable bonds is 5. The van der Waals surface area contributed by atoms with Gasteiger partial charge in [0, 0.05) is 18.8 Å². The van der Waals surface area contributed by atoms with E-state index < -0.39 is 5.60 Å². The van der Waals surface area contributed by atoms with E-state index in [1.165, 1.54) is 5.56 Å². The van der Waals surface area contributed by atoms with Gasteiger partial charge >= 0.3 is 0 Å². The molecule has 0 amide bonds. The second kappa shape index (κ2) is 5.32. The first-order valence-electron chi connectivity index (χ1n) is 5.63. The highest BCUT2D eigenvalue weighted by molar-refractivity contribution is 5.46. The van der Waals surface area contributed by atoms with Crippen molar-refractivity contribution in [1.29, 1.82) is 0 Å². The fourth-order valence-corrected chi connectivity index (χ4v) is 1.81. The topological polar surface area (TPSA) is 49.5 Å². The minimum absolute atomic E-state index is 0.642. The summed E-state index contributed by atoms with van der Waals surface area (Å²) in [5.74, 6) is 0. The molecule has 0 bridgehead atoms. The first kappa shape index (κ1) is 13.0. The summed E-state index contributed by atoms with van der Waals surface area (Å²) in [5, 5.41) is 9.67. The van der Waals surface area contributed by atoms with Gasteiger partial charge in [-0.25, -0.2) is 0 Å². The van der Waals surface area contributed by atoms with Crippen LogP contribution in [-0.4, -0.2) is 35.7 Å². The molecule has 16 heavy (non-hydrogen) atoms. The summed E-state index contributed by atoms with van der Waals surface area (Å²) >= 11 is 0. The highest BCUT2D eigenvalue weighted by Crippen LogP contribution is 2.12. The van der Waals surface area contributed by atoms with Crippen LogP contribution in [0.25, 0.3) is 0 Å². The van der Waals surface area contributed by atoms with Crippen LogP contribution in [0.5, 0.6) is 0 Å². The zero-order valence-corrected chi connectivity index (χ0v) is 10.4. The van der Waals surface area contributed by atoms with E-state index in [0.717, 1.165) is 18.7 Å². The summed E-state index contributed by atoms with van der Waals surface area (Å²) in [6, 6.07) is 7.92. The van der Waals surface area contributed by atoms with Crippen molar-refractivity contribution in [3.8, 4) is 0 Å². The molecule has 3 heteroatoms. The molecule has 1 aromatic rings. The molecule has 0 atom stereocenters. The van der Waals surface area contributed by atoms with Crippen molar-refractivity contribution in [1.82, 2.24) is 4.90 Å². The Bertz CT molecular complexity index is 331. The Morgan fingerprint density at radius 2 is 1.94 bits per heavy atom. The van der Waals surface area contributed by atoms with Crippen molar-refractivity contribution in [2.45, 2.75) is 25.9 Å². The molecule has 0 saturated carbocycles. The summed E-state index contributed by atoms with van der Waals surface area (Å²) in [7, 11) is 2.01. The van der Waals surface area contributed by atoms with E-state index in [1.54, 1.807) is 0 Å². The van der Waals surface area contributed by atoms with Gasteiger partial charge in [-0.05, 0) is 38.9 Å². The number of anilines is 1. The van der Waals surface area contributed by atoms with Gasteiger partial charge in [0.2, 0.25) is 0 Å². The van der Waals surface area contributed by atoms with E-state index in [4.69, 9.17) is 5.73 Å². The van der Waals surface area contributed by atoms with E-state index in [2.05, 4.69) is 4.90 Å².